The molecule has 2 aliphatic heterocycles. The van der Waals surface area contributed by atoms with Crippen molar-refractivity contribution in [1.29, 1.82) is 0 Å². The minimum Gasteiger partial charge on any atom is -0.329 e. The van der Waals surface area contributed by atoms with Crippen molar-refractivity contribution in [3.05, 3.63) is 56.1 Å². The zero-order chi connectivity index (χ0) is 16.8. The average Bonchev–Trinajstić information content (AvgIpc) is 2.86. The minimum absolute atomic E-state index is 0.0293. The number of H-pyrrole nitrogens is 1. The van der Waals surface area contributed by atoms with Crippen molar-refractivity contribution in [3.8, 4) is 0 Å². The van der Waals surface area contributed by atoms with Gasteiger partial charge in [0.2, 0.25) is 5.56 Å². The first-order chi connectivity index (χ1) is 11.5. The molecule has 0 aromatic carbocycles. The third kappa shape index (κ3) is 2.56. The third-order valence-electron chi connectivity index (χ3n) is 4.64. The Hall–Kier alpha value is -2.05. The fraction of sp³-hybridized carbons (Fsp3) is 0.312. The second-order valence-electron chi connectivity index (χ2n) is 6.05. The summed E-state index contributed by atoms with van der Waals surface area (Å²) >= 11 is 11.8. The number of aromatic amines is 1. The highest BCUT2D eigenvalue weighted by Crippen LogP contribution is 2.43. The Morgan fingerprint density at radius 3 is 2.92 bits per heavy atom. The number of hydrogen-bond acceptors (Lipinski definition) is 3. The SMILES string of the molecule is O=C(Nc1cc(Cl)c(Cl)cn1)N1C2CCC1c1c[nH]c(=O)cc1C2. The van der Waals surface area contributed by atoms with Crippen molar-refractivity contribution >= 4 is 35.1 Å². The number of urea groups is 1. The lowest BCUT2D eigenvalue weighted by Gasteiger charge is -2.35. The van der Waals surface area contributed by atoms with Gasteiger partial charge in [-0.15, -0.1) is 0 Å². The smallest absolute Gasteiger partial charge is 0.323 e. The lowest BCUT2D eigenvalue weighted by molar-refractivity contribution is 0.179. The average molecular weight is 365 g/mol. The Morgan fingerprint density at radius 1 is 1.29 bits per heavy atom. The van der Waals surface area contributed by atoms with E-state index in [-0.39, 0.29) is 23.7 Å². The van der Waals surface area contributed by atoms with Crippen LogP contribution in [-0.4, -0.2) is 26.9 Å². The van der Waals surface area contributed by atoms with Gasteiger partial charge in [0, 0.05) is 30.6 Å². The molecule has 1 fully saturated rings. The summed E-state index contributed by atoms with van der Waals surface area (Å²) in [4.78, 5) is 32.9. The molecule has 2 aromatic heterocycles. The van der Waals surface area contributed by atoms with Crippen LogP contribution in [0.4, 0.5) is 10.6 Å². The van der Waals surface area contributed by atoms with Gasteiger partial charge < -0.3 is 9.88 Å². The number of fused-ring (bicyclic) bond motifs is 4. The van der Waals surface area contributed by atoms with E-state index in [1.54, 1.807) is 12.3 Å². The molecule has 2 aromatic rings. The summed E-state index contributed by atoms with van der Waals surface area (Å²) in [5.74, 6) is 0.362. The largest absolute Gasteiger partial charge is 0.329 e. The van der Waals surface area contributed by atoms with Crippen LogP contribution in [0.25, 0.3) is 0 Å². The zero-order valence-electron chi connectivity index (χ0n) is 12.6. The van der Waals surface area contributed by atoms with Crippen molar-refractivity contribution in [1.82, 2.24) is 14.9 Å². The van der Waals surface area contributed by atoms with Gasteiger partial charge in [-0.1, -0.05) is 23.2 Å². The molecule has 124 valence electrons. The van der Waals surface area contributed by atoms with Gasteiger partial charge in [-0.2, -0.15) is 0 Å². The van der Waals surface area contributed by atoms with Crippen molar-refractivity contribution < 1.29 is 4.79 Å². The van der Waals surface area contributed by atoms with Crippen LogP contribution >= 0.6 is 23.2 Å². The molecular formula is C16H14Cl2N4O2. The van der Waals surface area contributed by atoms with E-state index in [1.165, 1.54) is 12.3 Å². The molecule has 2 atom stereocenters. The normalized spacial score (nSPS) is 21.5. The van der Waals surface area contributed by atoms with Crippen LogP contribution in [0.2, 0.25) is 10.0 Å². The first kappa shape index (κ1) is 15.5. The highest BCUT2D eigenvalue weighted by Gasteiger charge is 2.42. The van der Waals surface area contributed by atoms with Crippen LogP contribution in [0.1, 0.15) is 30.0 Å². The van der Waals surface area contributed by atoms with Gasteiger partial charge in [0.1, 0.15) is 5.82 Å². The first-order valence-corrected chi connectivity index (χ1v) is 8.40. The van der Waals surface area contributed by atoms with E-state index < -0.39 is 0 Å². The number of amides is 2. The number of halogens is 2. The maximum atomic E-state index is 12.7. The monoisotopic (exact) mass is 364 g/mol. The summed E-state index contributed by atoms with van der Waals surface area (Å²) in [6.45, 7) is 0. The molecule has 24 heavy (non-hydrogen) atoms. The molecule has 2 N–H and O–H groups in total. The summed E-state index contributed by atoms with van der Waals surface area (Å²) in [6, 6.07) is 3.01. The predicted molar refractivity (Wildman–Crippen MR) is 91.6 cm³/mol. The minimum atomic E-state index is -0.217. The standard InChI is InChI=1S/C16H14Cl2N4O2/c17-11-5-14(19-7-12(11)18)21-16(24)22-9-1-2-13(22)10-6-20-15(23)4-8(10)3-9/h4-7,9,13H,1-3H2,(H,20,23)(H,19,21,24). The maximum absolute atomic E-state index is 12.7. The number of carbonyl (C=O) groups excluding carboxylic acids is 1. The van der Waals surface area contributed by atoms with E-state index in [1.807, 2.05) is 4.90 Å². The molecule has 2 amide bonds. The molecule has 1 saturated heterocycles. The number of nitrogens with one attached hydrogen (secondary N) is 2. The molecule has 0 spiro atoms. The number of anilines is 1. The summed E-state index contributed by atoms with van der Waals surface area (Å²) in [5, 5.41) is 3.46. The molecule has 0 aliphatic carbocycles. The quantitative estimate of drug-likeness (QED) is 0.813. The molecule has 6 nitrogen and oxygen atoms in total. The molecule has 8 heteroatoms. The fourth-order valence-corrected chi connectivity index (χ4v) is 3.87. The van der Waals surface area contributed by atoms with E-state index >= 15 is 0 Å². The molecule has 2 unspecified atom stereocenters. The van der Waals surface area contributed by atoms with Gasteiger partial charge in [-0.25, -0.2) is 9.78 Å². The summed E-state index contributed by atoms with van der Waals surface area (Å²) < 4.78 is 0. The van der Waals surface area contributed by atoms with E-state index in [4.69, 9.17) is 23.2 Å². The van der Waals surface area contributed by atoms with Crippen LogP contribution < -0.4 is 10.9 Å². The topological polar surface area (TPSA) is 78.1 Å². The third-order valence-corrected chi connectivity index (χ3v) is 5.35. The Kier molecular flexibility index (Phi) is 3.73. The van der Waals surface area contributed by atoms with Gasteiger partial charge in [0.05, 0.1) is 16.1 Å². The second-order valence-corrected chi connectivity index (χ2v) is 6.86. The Balaban J connectivity index is 1.60. The van der Waals surface area contributed by atoms with Crippen LogP contribution in [0.15, 0.2) is 29.3 Å². The van der Waals surface area contributed by atoms with Crippen molar-refractivity contribution in [2.75, 3.05) is 5.32 Å². The molecule has 0 saturated carbocycles. The molecule has 2 aliphatic rings. The summed E-state index contributed by atoms with van der Waals surface area (Å²) in [6.07, 6.45) is 5.62. The number of hydrogen-bond donors (Lipinski definition) is 2. The maximum Gasteiger partial charge on any atom is 0.323 e. The van der Waals surface area contributed by atoms with Gasteiger partial charge in [0.25, 0.3) is 0 Å². The van der Waals surface area contributed by atoms with Gasteiger partial charge in [-0.05, 0) is 30.4 Å². The van der Waals surface area contributed by atoms with Gasteiger partial charge in [-0.3, -0.25) is 10.1 Å². The fourth-order valence-electron chi connectivity index (χ4n) is 3.62. The summed E-state index contributed by atoms with van der Waals surface area (Å²) in [5.41, 5.74) is 1.94. The molecule has 4 heterocycles. The van der Waals surface area contributed by atoms with E-state index in [2.05, 4.69) is 15.3 Å². The van der Waals surface area contributed by atoms with Crippen LogP contribution in [0.5, 0.6) is 0 Å². The van der Waals surface area contributed by atoms with Crippen LogP contribution in [0, 0.1) is 0 Å². The lowest BCUT2D eigenvalue weighted by Crippen LogP contribution is -2.44. The number of aromatic nitrogens is 2. The Morgan fingerprint density at radius 2 is 2.12 bits per heavy atom. The van der Waals surface area contributed by atoms with Gasteiger partial charge in [0.15, 0.2) is 0 Å². The Labute approximate surface area is 147 Å². The zero-order valence-corrected chi connectivity index (χ0v) is 14.1. The molecular weight excluding hydrogens is 351 g/mol. The van der Waals surface area contributed by atoms with E-state index in [9.17, 15) is 9.59 Å². The summed E-state index contributed by atoms with van der Waals surface area (Å²) in [7, 11) is 0. The van der Waals surface area contributed by atoms with Crippen LogP contribution in [0.3, 0.4) is 0 Å². The van der Waals surface area contributed by atoms with Crippen LogP contribution in [-0.2, 0) is 6.42 Å². The molecule has 4 rings (SSSR count). The highest BCUT2D eigenvalue weighted by molar-refractivity contribution is 6.42. The number of pyridine rings is 2. The number of carbonyl (C=O) groups is 1. The predicted octanol–water partition coefficient (Wildman–Crippen LogP) is 3.37. The Bertz CT molecular complexity index is 883. The molecule has 0 radical (unpaired) electrons. The van der Waals surface area contributed by atoms with E-state index in [0.29, 0.717) is 22.3 Å². The number of rotatable bonds is 1. The second kappa shape index (κ2) is 5.79. The van der Waals surface area contributed by atoms with E-state index in [0.717, 1.165) is 24.0 Å². The van der Waals surface area contributed by atoms with Crippen molar-refractivity contribution in [2.45, 2.75) is 31.3 Å². The lowest BCUT2D eigenvalue weighted by atomic mass is 9.95. The van der Waals surface area contributed by atoms with Crippen molar-refractivity contribution in [3.63, 3.8) is 0 Å². The van der Waals surface area contributed by atoms with Crippen molar-refractivity contribution in [2.24, 2.45) is 0 Å². The van der Waals surface area contributed by atoms with Gasteiger partial charge >= 0.3 is 6.03 Å². The highest BCUT2D eigenvalue weighted by atomic mass is 35.5. The first-order valence-electron chi connectivity index (χ1n) is 7.65. The number of nitrogens with zero attached hydrogens (tertiary/aromatic N) is 2. The molecule has 2 bridgehead atoms.